The summed E-state index contributed by atoms with van der Waals surface area (Å²) in [5.74, 6) is 0. The molecule has 2 heteroatoms. The van der Waals surface area contributed by atoms with Crippen molar-refractivity contribution in [3.63, 3.8) is 0 Å². The molecule has 0 aromatic rings. The average molecular weight is 146 g/mol. The highest BCUT2D eigenvalue weighted by Gasteiger charge is 1.76. The van der Waals surface area contributed by atoms with Gasteiger partial charge in [0.15, 0.2) is 0 Å². The molecule has 0 fully saturated rings. The molecule has 0 spiro atoms. The van der Waals surface area contributed by atoms with E-state index in [9.17, 15) is 0 Å². The lowest BCUT2D eigenvalue weighted by Crippen LogP contribution is -2.14. The molecular formula is C8H22N2. The summed E-state index contributed by atoms with van der Waals surface area (Å²) in [6.07, 6.45) is 2.50. The van der Waals surface area contributed by atoms with Gasteiger partial charge in [-0.1, -0.05) is 20.8 Å². The van der Waals surface area contributed by atoms with Gasteiger partial charge in [0.1, 0.15) is 0 Å². The first-order valence-corrected chi connectivity index (χ1v) is 4.24. The molecule has 0 saturated heterocycles. The van der Waals surface area contributed by atoms with Gasteiger partial charge in [-0.15, -0.1) is 0 Å². The Morgan fingerprint density at radius 3 is 1.50 bits per heavy atom. The highest BCUT2D eigenvalue weighted by atomic mass is 14.8. The molecule has 0 aliphatic carbocycles. The van der Waals surface area contributed by atoms with E-state index in [1.807, 2.05) is 6.92 Å². The Bertz CT molecular complexity index is 34.2. The molecule has 0 heterocycles. The molecule has 0 aliphatic heterocycles. The molecule has 2 nitrogen and oxygen atoms in total. The van der Waals surface area contributed by atoms with Crippen molar-refractivity contribution in [2.45, 2.75) is 33.6 Å². The fourth-order valence-corrected chi connectivity index (χ4v) is 0.479. The van der Waals surface area contributed by atoms with Crippen molar-refractivity contribution in [2.75, 3.05) is 19.6 Å². The quantitative estimate of drug-likeness (QED) is 0.588. The van der Waals surface area contributed by atoms with E-state index in [1.54, 1.807) is 0 Å². The maximum Gasteiger partial charge on any atom is -0.00516 e. The van der Waals surface area contributed by atoms with Crippen LogP contribution in [0.15, 0.2) is 0 Å². The summed E-state index contributed by atoms with van der Waals surface area (Å²) < 4.78 is 0. The summed E-state index contributed by atoms with van der Waals surface area (Å²) in [7, 11) is 0. The highest BCUT2D eigenvalue weighted by molar-refractivity contribution is 4.39. The van der Waals surface area contributed by atoms with Crippen LogP contribution in [0.4, 0.5) is 0 Å². The minimum atomic E-state index is 0.750. The molecule has 0 radical (unpaired) electrons. The minimum absolute atomic E-state index is 0.750. The molecule has 0 aromatic carbocycles. The van der Waals surface area contributed by atoms with Gasteiger partial charge in [-0.3, -0.25) is 0 Å². The summed E-state index contributed by atoms with van der Waals surface area (Å²) in [6, 6.07) is 0. The fraction of sp³-hybridized carbons (Fsp3) is 1.00. The molecule has 0 atom stereocenters. The number of rotatable bonds is 4. The van der Waals surface area contributed by atoms with Gasteiger partial charge >= 0.3 is 0 Å². The van der Waals surface area contributed by atoms with Crippen LogP contribution in [0.5, 0.6) is 0 Å². The number of nitrogens with two attached hydrogens (primary N) is 1. The highest BCUT2D eigenvalue weighted by Crippen LogP contribution is 1.71. The van der Waals surface area contributed by atoms with Gasteiger partial charge in [0, 0.05) is 0 Å². The summed E-state index contributed by atoms with van der Waals surface area (Å²) >= 11 is 0. The van der Waals surface area contributed by atoms with E-state index < -0.39 is 0 Å². The summed E-state index contributed by atoms with van der Waals surface area (Å²) in [5, 5.41) is 3.28. The van der Waals surface area contributed by atoms with Gasteiger partial charge < -0.3 is 11.1 Å². The second-order valence-corrected chi connectivity index (χ2v) is 2.16. The van der Waals surface area contributed by atoms with Crippen LogP contribution in [0.3, 0.4) is 0 Å². The molecule has 0 bridgehead atoms. The molecule has 0 aromatic heterocycles. The molecule has 0 unspecified atom stereocenters. The van der Waals surface area contributed by atoms with Crippen LogP contribution >= 0.6 is 0 Å². The van der Waals surface area contributed by atoms with Crippen molar-refractivity contribution in [3.05, 3.63) is 0 Å². The van der Waals surface area contributed by atoms with Gasteiger partial charge in [-0.05, 0) is 32.5 Å². The summed E-state index contributed by atoms with van der Waals surface area (Å²) in [4.78, 5) is 0. The number of hydrogen-bond acceptors (Lipinski definition) is 2. The van der Waals surface area contributed by atoms with Gasteiger partial charge in [0.25, 0.3) is 0 Å². The largest absolute Gasteiger partial charge is 0.331 e. The van der Waals surface area contributed by atoms with Crippen LogP contribution in [0.2, 0.25) is 0 Å². The lowest BCUT2D eigenvalue weighted by Gasteiger charge is -1.95. The predicted molar refractivity (Wildman–Crippen MR) is 48.2 cm³/mol. The van der Waals surface area contributed by atoms with Crippen LogP contribution in [0, 0.1) is 0 Å². The minimum Gasteiger partial charge on any atom is -0.331 e. The van der Waals surface area contributed by atoms with Gasteiger partial charge in [0.05, 0.1) is 0 Å². The SMILES string of the molecule is CCCNCCC.CCN. The van der Waals surface area contributed by atoms with E-state index >= 15 is 0 Å². The Hall–Kier alpha value is -0.0800. The molecule has 64 valence electrons. The molecule has 0 saturated carbocycles. The second kappa shape index (κ2) is 16.0. The normalized spacial score (nSPS) is 8.40. The van der Waals surface area contributed by atoms with Crippen LogP contribution < -0.4 is 11.1 Å². The molecule has 0 amide bonds. The number of hydrogen-bond donors (Lipinski definition) is 2. The van der Waals surface area contributed by atoms with Crippen molar-refractivity contribution in [1.29, 1.82) is 0 Å². The van der Waals surface area contributed by atoms with Crippen LogP contribution in [-0.2, 0) is 0 Å². The van der Waals surface area contributed by atoms with E-state index in [0.29, 0.717) is 0 Å². The standard InChI is InChI=1S/C6H15N.C2H7N/c1-3-5-7-6-4-2;1-2-3/h7H,3-6H2,1-2H3;2-3H2,1H3. The van der Waals surface area contributed by atoms with Crippen LogP contribution in [-0.4, -0.2) is 19.6 Å². The Morgan fingerprint density at radius 2 is 1.30 bits per heavy atom. The van der Waals surface area contributed by atoms with Crippen LogP contribution in [0.25, 0.3) is 0 Å². The maximum atomic E-state index is 4.85. The molecule has 0 rings (SSSR count). The Morgan fingerprint density at radius 1 is 1.00 bits per heavy atom. The summed E-state index contributed by atoms with van der Waals surface area (Å²) in [5.41, 5.74) is 4.85. The van der Waals surface area contributed by atoms with Crippen molar-refractivity contribution in [3.8, 4) is 0 Å². The first-order chi connectivity index (χ1) is 4.83. The Balaban J connectivity index is 0. The molecule has 0 aliphatic rings. The third-order valence-electron chi connectivity index (χ3n) is 0.854. The van der Waals surface area contributed by atoms with E-state index in [4.69, 9.17) is 5.73 Å². The summed E-state index contributed by atoms with van der Waals surface area (Å²) in [6.45, 7) is 9.37. The third-order valence-corrected chi connectivity index (χ3v) is 0.854. The van der Waals surface area contributed by atoms with E-state index in [-0.39, 0.29) is 0 Å². The molecule has 3 N–H and O–H groups in total. The van der Waals surface area contributed by atoms with E-state index in [1.165, 1.54) is 25.9 Å². The fourth-order valence-electron chi connectivity index (χ4n) is 0.479. The topological polar surface area (TPSA) is 38.0 Å². The van der Waals surface area contributed by atoms with Crippen molar-refractivity contribution in [1.82, 2.24) is 5.32 Å². The van der Waals surface area contributed by atoms with E-state index in [0.717, 1.165) is 6.54 Å². The monoisotopic (exact) mass is 146 g/mol. The smallest absolute Gasteiger partial charge is 0.00516 e. The Kier molecular flexibility index (Phi) is 20.1. The average Bonchev–Trinajstić information content (AvgIpc) is 1.91. The third kappa shape index (κ3) is 24.7. The van der Waals surface area contributed by atoms with Crippen LogP contribution in [0.1, 0.15) is 33.6 Å². The zero-order valence-corrected chi connectivity index (χ0v) is 7.61. The zero-order chi connectivity index (χ0) is 8.24. The van der Waals surface area contributed by atoms with Gasteiger partial charge in [-0.25, -0.2) is 0 Å². The zero-order valence-electron chi connectivity index (χ0n) is 7.61. The number of nitrogens with one attached hydrogen (secondary N) is 1. The maximum absolute atomic E-state index is 4.85. The lowest BCUT2D eigenvalue weighted by atomic mass is 10.4. The van der Waals surface area contributed by atoms with Crippen molar-refractivity contribution < 1.29 is 0 Å². The predicted octanol–water partition coefficient (Wildman–Crippen LogP) is 1.36. The lowest BCUT2D eigenvalue weighted by molar-refractivity contribution is 0.662. The first kappa shape index (κ1) is 12.6. The van der Waals surface area contributed by atoms with Gasteiger partial charge in [0.2, 0.25) is 0 Å². The van der Waals surface area contributed by atoms with E-state index in [2.05, 4.69) is 19.2 Å². The van der Waals surface area contributed by atoms with Gasteiger partial charge in [-0.2, -0.15) is 0 Å². The van der Waals surface area contributed by atoms with Crippen molar-refractivity contribution >= 4 is 0 Å². The molecule has 10 heavy (non-hydrogen) atoms. The van der Waals surface area contributed by atoms with Crippen molar-refractivity contribution in [2.24, 2.45) is 5.73 Å². The second-order valence-electron chi connectivity index (χ2n) is 2.16. The molecular weight excluding hydrogens is 124 g/mol. The Labute approximate surface area is 65.2 Å². The first-order valence-electron chi connectivity index (χ1n) is 4.24.